The van der Waals surface area contributed by atoms with E-state index in [1.54, 1.807) is 25.1 Å². The number of nitrogens with zero attached hydrogens (tertiary/aromatic N) is 1. The van der Waals surface area contributed by atoms with Crippen molar-refractivity contribution < 1.29 is 14.0 Å². The van der Waals surface area contributed by atoms with Crippen LogP contribution < -0.4 is 4.90 Å². The number of amides is 1. The molecule has 1 aliphatic heterocycles. The van der Waals surface area contributed by atoms with Crippen molar-refractivity contribution in [3.63, 3.8) is 0 Å². The third-order valence-electron chi connectivity index (χ3n) is 3.76. The number of carbonyl (C=O) groups is 2. The molecule has 0 saturated carbocycles. The molecule has 0 spiro atoms. The molecule has 0 atom stereocenters. The van der Waals surface area contributed by atoms with Crippen molar-refractivity contribution in [3.05, 3.63) is 64.5 Å². The number of aryl methyl sites for hydroxylation is 2. The number of benzene rings is 2. The molecule has 21 heavy (non-hydrogen) atoms. The fourth-order valence-electron chi connectivity index (χ4n) is 2.58. The summed E-state index contributed by atoms with van der Waals surface area (Å²) in [5.41, 5.74) is 3.59. The van der Waals surface area contributed by atoms with Crippen molar-refractivity contribution in [2.45, 2.75) is 20.4 Å². The second-order valence-corrected chi connectivity index (χ2v) is 5.31. The molecule has 0 aliphatic carbocycles. The average Bonchev–Trinajstić information content (AvgIpc) is 2.66. The van der Waals surface area contributed by atoms with Gasteiger partial charge in [0.1, 0.15) is 5.82 Å². The van der Waals surface area contributed by atoms with E-state index in [-0.39, 0.29) is 12.4 Å². The Balaban J connectivity index is 2.00. The summed E-state index contributed by atoms with van der Waals surface area (Å²) in [6, 6.07) is 9.82. The molecule has 0 unspecified atom stereocenters. The molecule has 0 fully saturated rings. The van der Waals surface area contributed by atoms with E-state index >= 15 is 0 Å². The maximum Gasteiger partial charge on any atom is 0.299 e. The van der Waals surface area contributed by atoms with E-state index in [9.17, 15) is 14.0 Å². The van der Waals surface area contributed by atoms with Crippen LogP contribution in [0.15, 0.2) is 36.4 Å². The quantitative estimate of drug-likeness (QED) is 0.794. The molecule has 1 heterocycles. The van der Waals surface area contributed by atoms with Crippen molar-refractivity contribution in [1.82, 2.24) is 0 Å². The van der Waals surface area contributed by atoms with E-state index in [1.165, 1.54) is 17.0 Å². The molecule has 2 aromatic carbocycles. The Hall–Kier alpha value is -2.49. The molecule has 0 radical (unpaired) electrons. The van der Waals surface area contributed by atoms with Gasteiger partial charge in [0.15, 0.2) is 0 Å². The number of anilines is 1. The summed E-state index contributed by atoms with van der Waals surface area (Å²) in [7, 11) is 0. The molecule has 0 saturated heterocycles. The number of rotatable bonds is 2. The average molecular weight is 283 g/mol. The van der Waals surface area contributed by atoms with Gasteiger partial charge in [-0.25, -0.2) is 4.39 Å². The van der Waals surface area contributed by atoms with Gasteiger partial charge in [-0.1, -0.05) is 17.7 Å². The Bertz CT molecular complexity index is 767. The molecular formula is C17H14FNO2. The molecule has 0 bridgehead atoms. The zero-order valence-electron chi connectivity index (χ0n) is 11.8. The highest BCUT2D eigenvalue weighted by Gasteiger charge is 2.35. The zero-order valence-corrected chi connectivity index (χ0v) is 11.8. The summed E-state index contributed by atoms with van der Waals surface area (Å²) in [5.74, 6) is -1.32. The van der Waals surface area contributed by atoms with Gasteiger partial charge in [0.2, 0.25) is 0 Å². The standard InChI is InChI=1S/C17H14FNO2/c1-10-3-6-15-14(7-10)16(20)17(21)19(15)9-12-4-5-13(18)8-11(12)2/h3-8H,9H2,1-2H3. The fraction of sp³-hybridized carbons (Fsp3) is 0.176. The van der Waals surface area contributed by atoms with Crippen LogP contribution in [0, 0.1) is 19.7 Å². The lowest BCUT2D eigenvalue weighted by atomic mass is 10.1. The van der Waals surface area contributed by atoms with Gasteiger partial charge in [-0.2, -0.15) is 0 Å². The number of Topliss-reactive ketones (excluding diaryl/α,β-unsaturated/α-hetero) is 1. The lowest BCUT2D eigenvalue weighted by Crippen LogP contribution is -2.29. The topological polar surface area (TPSA) is 37.4 Å². The Morgan fingerprint density at radius 3 is 2.52 bits per heavy atom. The maximum atomic E-state index is 13.1. The molecule has 0 N–H and O–H groups in total. The van der Waals surface area contributed by atoms with E-state index < -0.39 is 11.7 Å². The van der Waals surface area contributed by atoms with E-state index in [1.807, 2.05) is 13.0 Å². The van der Waals surface area contributed by atoms with Gasteiger partial charge in [-0.15, -0.1) is 0 Å². The fourth-order valence-corrected chi connectivity index (χ4v) is 2.58. The molecule has 0 aromatic heterocycles. The Labute approximate surface area is 122 Å². The predicted molar refractivity (Wildman–Crippen MR) is 77.8 cm³/mol. The van der Waals surface area contributed by atoms with Crippen LogP contribution in [0.5, 0.6) is 0 Å². The van der Waals surface area contributed by atoms with Gasteiger partial charge < -0.3 is 4.90 Å². The number of hydrogen-bond donors (Lipinski definition) is 0. The third-order valence-corrected chi connectivity index (χ3v) is 3.76. The summed E-state index contributed by atoms with van der Waals surface area (Å²) < 4.78 is 13.1. The number of ketones is 1. The SMILES string of the molecule is Cc1ccc2c(c1)C(=O)C(=O)N2Cc1ccc(F)cc1C. The van der Waals surface area contributed by atoms with Gasteiger partial charge in [-0.05, 0) is 49.2 Å². The second-order valence-electron chi connectivity index (χ2n) is 5.31. The second kappa shape index (κ2) is 4.81. The van der Waals surface area contributed by atoms with Crippen molar-refractivity contribution >= 4 is 17.4 Å². The van der Waals surface area contributed by atoms with Crippen LogP contribution in [0.4, 0.5) is 10.1 Å². The number of carbonyl (C=O) groups excluding carboxylic acids is 2. The van der Waals surface area contributed by atoms with Gasteiger partial charge in [0.05, 0.1) is 17.8 Å². The smallest absolute Gasteiger partial charge is 0.299 e. The molecule has 1 amide bonds. The maximum absolute atomic E-state index is 13.1. The summed E-state index contributed by atoms with van der Waals surface area (Å²) in [6.07, 6.45) is 0. The van der Waals surface area contributed by atoms with Crippen LogP contribution in [-0.2, 0) is 11.3 Å². The first-order valence-corrected chi connectivity index (χ1v) is 6.69. The summed E-state index contributed by atoms with van der Waals surface area (Å²) in [6.45, 7) is 3.94. The first-order valence-electron chi connectivity index (χ1n) is 6.69. The van der Waals surface area contributed by atoms with Gasteiger partial charge >= 0.3 is 0 Å². The van der Waals surface area contributed by atoms with E-state index in [0.29, 0.717) is 11.3 Å². The van der Waals surface area contributed by atoms with Crippen LogP contribution >= 0.6 is 0 Å². The lowest BCUT2D eigenvalue weighted by Gasteiger charge is -2.18. The minimum absolute atomic E-state index is 0.271. The van der Waals surface area contributed by atoms with Crippen LogP contribution in [0.3, 0.4) is 0 Å². The highest BCUT2D eigenvalue weighted by molar-refractivity contribution is 6.52. The van der Waals surface area contributed by atoms with Crippen molar-refractivity contribution in [3.8, 4) is 0 Å². The molecule has 3 rings (SSSR count). The summed E-state index contributed by atoms with van der Waals surface area (Å²) in [4.78, 5) is 25.7. The van der Waals surface area contributed by atoms with Crippen LogP contribution in [0.2, 0.25) is 0 Å². The Morgan fingerprint density at radius 2 is 1.81 bits per heavy atom. The highest BCUT2D eigenvalue weighted by Crippen LogP contribution is 2.31. The molecule has 4 heteroatoms. The van der Waals surface area contributed by atoms with Crippen molar-refractivity contribution in [2.75, 3.05) is 4.90 Å². The van der Waals surface area contributed by atoms with E-state index in [2.05, 4.69) is 0 Å². The van der Waals surface area contributed by atoms with Crippen molar-refractivity contribution in [2.24, 2.45) is 0 Å². The largest absolute Gasteiger partial charge is 0.300 e. The van der Waals surface area contributed by atoms with Gasteiger partial charge in [0, 0.05) is 0 Å². The first kappa shape index (κ1) is 13.5. The zero-order chi connectivity index (χ0) is 15.1. The van der Waals surface area contributed by atoms with Crippen LogP contribution in [-0.4, -0.2) is 11.7 Å². The number of halogens is 1. The minimum Gasteiger partial charge on any atom is -0.300 e. The van der Waals surface area contributed by atoms with Gasteiger partial charge in [-0.3, -0.25) is 9.59 Å². The molecule has 2 aromatic rings. The van der Waals surface area contributed by atoms with Crippen molar-refractivity contribution in [1.29, 1.82) is 0 Å². The monoisotopic (exact) mass is 283 g/mol. The minimum atomic E-state index is -0.528. The summed E-state index contributed by atoms with van der Waals surface area (Å²) >= 11 is 0. The van der Waals surface area contributed by atoms with E-state index in [4.69, 9.17) is 0 Å². The highest BCUT2D eigenvalue weighted by atomic mass is 19.1. The van der Waals surface area contributed by atoms with E-state index in [0.717, 1.165) is 16.7 Å². The molecule has 1 aliphatic rings. The molecular weight excluding hydrogens is 269 g/mol. The lowest BCUT2D eigenvalue weighted by molar-refractivity contribution is -0.114. The Kier molecular flexibility index (Phi) is 3.09. The Morgan fingerprint density at radius 1 is 1.05 bits per heavy atom. The third kappa shape index (κ3) is 2.23. The number of hydrogen-bond acceptors (Lipinski definition) is 2. The predicted octanol–water partition coefficient (Wildman–Crippen LogP) is 3.17. The normalized spacial score (nSPS) is 13.8. The first-order chi connectivity index (χ1) is 9.97. The van der Waals surface area contributed by atoms with Crippen LogP contribution in [0.25, 0.3) is 0 Å². The van der Waals surface area contributed by atoms with Crippen LogP contribution in [0.1, 0.15) is 27.0 Å². The summed E-state index contributed by atoms with van der Waals surface area (Å²) in [5, 5.41) is 0. The number of fused-ring (bicyclic) bond motifs is 1. The molecule has 106 valence electrons. The molecule has 3 nitrogen and oxygen atoms in total. The van der Waals surface area contributed by atoms with Gasteiger partial charge in [0.25, 0.3) is 11.7 Å².